The molecule has 194 valence electrons. The third kappa shape index (κ3) is 7.00. The molecule has 0 aromatic heterocycles. The van der Waals surface area contributed by atoms with E-state index in [2.05, 4.69) is 28.8 Å². The molecular weight excluding hydrogens is 474 g/mol. The highest BCUT2D eigenvalue weighted by molar-refractivity contribution is 5.86. The van der Waals surface area contributed by atoms with Crippen LogP contribution in [0.4, 0.5) is 0 Å². The molecule has 1 fully saturated rings. The molecule has 0 atom stereocenters. The van der Waals surface area contributed by atoms with Gasteiger partial charge in [-0.3, -0.25) is 4.90 Å². The number of allylic oxidation sites excluding steroid dienone is 6. The Hall–Kier alpha value is -4.14. The number of hydrogen-bond donors (Lipinski definition) is 1. The summed E-state index contributed by atoms with van der Waals surface area (Å²) in [5.74, 6) is 1.46. The van der Waals surface area contributed by atoms with Gasteiger partial charge >= 0.3 is 0 Å². The van der Waals surface area contributed by atoms with Crippen LogP contribution in [0.3, 0.4) is 0 Å². The Balaban J connectivity index is 1.46. The quantitative estimate of drug-likeness (QED) is 0.474. The van der Waals surface area contributed by atoms with Crippen molar-refractivity contribution in [2.24, 2.45) is 0 Å². The lowest BCUT2D eigenvalue weighted by molar-refractivity contribution is 0.226. The van der Waals surface area contributed by atoms with Crippen LogP contribution >= 0.6 is 0 Å². The van der Waals surface area contributed by atoms with Crippen LogP contribution in [0.2, 0.25) is 0 Å². The lowest BCUT2D eigenvalue weighted by Crippen LogP contribution is -2.34. The second kappa shape index (κ2) is 12.9. The summed E-state index contributed by atoms with van der Waals surface area (Å²) in [6.45, 7) is 6.74. The molecule has 2 aliphatic heterocycles. The maximum atomic E-state index is 10.5. The number of benzene rings is 2. The normalized spacial score (nSPS) is 17.6. The molecule has 2 heterocycles. The Morgan fingerprint density at radius 1 is 0.921 bits per heavy atom. The molecule has 0 aliphatic carbocycles. The molecule has 7 heteroatoms. The van der Waals surface area contributed by atoms with Crippen LogP contribution in [0, 0.1) is 22.7 Å². The fourth-order valence-electron chi connectivity index (χ4n) is 4.44. The standard InChI is InChI=1S/C31H33N5O2/c1-34-13-14-35(2)16-18-36(17-15-34)23-25-19-24(11-12-30(25)37)7-3-4-8-27-20-29(26(21-32)22-33)28-9-5-6-10-31(28)38-27/h3-12,19-20,37H,13-18,23H2,1-2H3/b7-3+,8-4+. The van der Waals surface area contributed by atoms with Gasteiger partial charge in [0.25, 0.3) is 0 Å². The van der Waals surface area contributed by atoms with Gasteiger partial charge in [0.1, 0.15) is 35.0 Å². The molecule has 0 unspecified atom stereocenters. The van der Waals surface area contributed by atoms with Crippen LogP contribution in [0.5, 0.6) is 11.5 Å². The van der Waals surface area contributed by atoms with Crippen molar-refractivity contribution in [2.75, 3.05) is 53.4 Å². The molecule has 2 aromatic carbocycles. The van der Waals surface area contributed by atoms with Gasteiger partial charge in [-0.15, -0.1) is 0 Å². The van der Waals surface area contributed by atoms with Crippen molar-refractivity contribution >= 4 is 11.6 Å². The molecule has 0 radical (unpaired) electrons. The van der Waals surface area contributed by atoms with Crippen LogP contribution < -0.4 is 4.74 Å². The molecule has 0 saturated carbocycles. The van der Waals surface area contributed by atoms with E-state index < -0.39 is 0 Å². The van der Waals surface area contributed by atoms with E-state index in [9.17, 15) is 15.6 Å². The molecule has 0 bridgehead atoms. The van der Waals surface area contributed by atoms with Crippen molar-refractivity contribution in [3.63, 3.8) is 0 Å². The first-order valence-electron chi connectivity index (χ1n) is 12.8. The lowest BCUT2D eigenvalue weighted by atomic mass is 9.97. The summed E-state index contributed by atoms with van der Waals surface area (Å²) in [7, 11) is 4.31. The predicted octanol–water partition coefficient (Wildman–Crippen LogP) is 4.42. The summed E-state index contributed by atoms with van der Waals surface area (Å²) >= 11 is 0. The fraction of sp³-hybridized carbons (Fsp3) is 0.290. The molecule has 1 N–H and O–H groups in total. The summed E-state index contributed by atoms with van der Waals surface area (Å²) in [4.78, 5) is 7.10. The van der Waals surface area contributed by atoms with E-state index in [-0.39, 0.29) is 5.57 Å². The van der Waals surface area contributed by atoms with Crippen LogP contribution in [-0.2, 0) is 6.54 Å². The topological polar surface area (TPSA) is 86.8 Å². The predicted molar refractivity (Wildman–Crippen MR) is 150 cm³/mol. The van der Waals surface area contributed by atoms with Crippen molar-refractivity contribution in [3.05, 3.63) is 94.8 Å². The zero-order chi connectivity index (χ0) is 26.9. The number of phenols is 1. The number of hydrogen-bond acceptors (Lipinski definition) is 7. The molecular formula is C31H33N5O2. The number of aromatic hydroxyl groups is 1. The number of para-hydroxylation sites is 1. The number of ether oxygens (including phenoxy) is 1. The largest absolute Gasteiger partial charge is 0.508 e. The number of nitriles is 2. The van der Waals surface area contributed by atoms with Crippen LogP contribution in [-0.4, -0.2) is 73.2 Å². The Bertz CT molecular complexity index is 1330. The van der Waals surface area contributed by atoms with Gasteiger partial charge in [-0.05, 0) is 50.0 Å². The summed E-state index contributed by atoms with van der Waals surface area (Å²) in [5, 5.41) is 29.3. The van der Waals surface area contributed by atoms with Crippen LogP contribution in [0.25, 0.3) is 11.6 Å². The Kier molecular flexibility index (Phi) is 9.13. The van der Waals surface area contributed by atoms with Crippen LogP contribution in [0.1, 0.15) is 16.7 Å². The fourth-order valence-corrected chi connectivity index (χ4v) is 4.44. The SMILES string of the molecule is CN1CCN(C)CCN(Cc2cc(/C=C/C=C/C3=CC(=C(C#N)C#N)c4ccccc4O3)ccc2O)CC1. The summed E-state index contributed by atoms with van der Waals surface area (Å²) in [6, 6.07) is 17.0. The van der Waals surface area contributed by atoms with E-state index in [4.69, 9.17) is 4.74 Å². The highest BCUT2D eigenvalue weighted by Gasteiger charge is 2.18. The summed E-state index contributed by atoms with van der Waals surface area (Å²) < 4.78 is 5.96. The first-order chi connectivity index (χ1) is 18.5. The molecule has 0 amide bonds. The van der Waals surface area contributed by atoms with Gasteiger partial charge < -0.3 is 19.6 Å². The third-order valence-electron chi connectivity index (χ3n) is 6.80. The molecule has 2 aromatic rings. The van der Waals surface area contributed by atoms with E-state index in [1.807, 2.05) is 66.8 Å². The zero-order valence-corrected chi connectivity index (χ0v) is 22.0. The number of nitrogens with zero attached hydrogens (tertiary/aromatic N) is 5. The van der Waals surface area contributed by atoms with Crippen molar-refractivity contribution in [2.45, 2.75) is 6.54 Å². The minimum Gasteiger partial charge on any atom is -0.508 e. The molecule has 38 heavy (non-hydrogen) atoms. The lowest BCUT2D eigenvalue weighted by Gasteiger charge is -2.24. The van der Waals surface area contributed by atoms with E-state index >= 15 is 0 Å². The smallest absolute Gasteiger partial charge is 0.137 e. The molecule has 2 aliphatic rings. The molecule has 1 saturated heterocycles. The average Bonchev–Trinajstić information content (AvgIpc) is 3.00. The second-order valence-corrected chi connectivity index (χ2v) is 9.65. The average molecular weight is 508 g/mol. The number of likely N-dealkylation sites (N-methyl/N-ethyl adjacent to an activating group) is 2. The van der Waals surface area contributed by atoms with Crippen molar-refractivity contribution in [1.29, 1.82) is 10.5 Å². The van der Waals surface area contributed by atoms with Gasteiger partial charge in [-0.1, -0.05) is 42.5 Å². The first-order valence-corrected chi connectivity index (χ1v) is 12.8. The first kappa shape index (κ1) is 26.9. The van der Waals surface area contributed by atoms with Crippen LogP contribution in [0.15, 0.2) is 78.1 Å². The minimum atomic E-state index is 0.0489. The molecule has 4 rings (SSSR count). The Morgan fingerprint density at radius 3 is 2.29 bits per heavy atom. The van der Waals surface area contributed by atoms with Crippen molar-refractivity contribution in [3.8, 4) is 23.6 Å². The van der Waals surface area contributed by atoms with E-state index in [0.717, 1.165) is 56.0 Å². The monoisotopic (exact) mass is 507 g/mol. The van der Waals surface area contributed by atoms with Gasteiger partial charge in [-0.2, -0.15) is 10.5 Å². The summed E-state index contributed by atoms with van der Waals surface area (Å²) in [5.41, 5.74) is 3.23. The summed E-state index contributed by atoms with van der Waals surface area (Å²) in [6.07, 6.45) is 9.26. The minimum absolute atomic E-state index is 0.0489. The highest BCUT2D eigenvalue weighted by Crippen LogP contribution is 2.35. The van der Waals surface area contributed by atoms with E-state index in [0.29, 0.717) is 29.4 Å². The number of fused-ring (bicyclic) bond motifs is 1. The van der Waals surface area contributed by atoms with Gasteiger partial charge in [0.05, 0.1) is 0 Å². The number of phenolic OH excluding ortho intramolecular Hbond substituents is 1. The van der Waals surface area contributed by atoms with Crippen molar-refractivity contribution in [1.82, 2.24) is 14.7 Å². The maximum absolute atomic E-state index is 10.5. The molecule has 7 nitrogen and oxygen atoms in total. The van der Waals surface area contributed by atoms with Gasteiger partial charge in [-0.25, -0.2) is 0 Å². The Labute approximate surface area is 225 Å². The van der Waals surface area contributed by atoms with Gasteiger partial charge in [0.15, 0.2) is 0 Å². The number of rotatable bonds is 5. The second-order valence-electron chi connectivity index (χ2n) is 9.65. The Morgan fingerprint density at radius 2 is 1.58 bits per heavy atom. The van der Waals surface area contributed by atoms with Crippen molar-refractivity contribution < 1.29 is 9.84 Å². The highest BCUT2D eigenvalue weighted by atomic mass is 16.5. The van der Waals surface area contributed by atoms with Gasteiger partial charge in [0, 0.05) is 62.5 Å². The van der Waals surface area contributed by atoms with Gasteiger partial charge in [0.2, 0.25) is 0 Å². The van der Waals surface area contributed by atoms with E-state index in [1.54, 1.807) is 18.2 Å². The third-order valence-corrected chi connectivity index (χ3v) is 6.80. The van der Waals surface area contributed by atoms with E-state index in [1.165, 1.54) is 0 Å². The maximum Gasteiger partial charge on any atom is 0.137 e. The zero-order valence-electron chi connectivity index (χ0n) is 22.0. The molecule has 0 spiro atoms.